The van der Waals surface area contributed by atoms with Gasteiger partial charge in [-0.15, -0.1) is 0 Å². The van der Waals surface area contributed by atoms with Crippen LogP contribution in [-0.2, 0) is 25.3 Å². The van der Waals surface area contributed by atoms with Crippen molar-refractivity contribution in [1.82, 2.24) is 9.13 Å². The van der Waals surface area contributed by atoms with E-state index in [-0.39, 0.29) is 40.3 Å². The first kappa shape index (κ1) is 16.4. The number of nitrogens with two attached hydrogens (primary N) is 1. The van der Waals surface area contributed by atoms with Crippen molar-refractivity contribution in [2.75, 3.05) is 5.73 Å². The van der Waals surface area contributed by atoms with Crippen LogP contribution < -0.4 is 17.0 Å². The second kappa shape index (κ2) is 5.59. The molecule has 8 nitrogen and oxygen atoms in total. The highest BCUT2D eigenvalue weighted by molar-refractivity contribution is 6.52. The van der Waals surface area contributed by atoms with Crippen molar-refractivity contribution >= 4 is 23.1 Å². The fourth-order valence-electron chi connectivity index (χ4n) is 2.85. The average Bonchev–Trinajstić information content (AvgIpc) is 2.62. The number of hydrogen-bond donors (Lipinski definition) is 2. The van der Waals surface area contributed by atoms with Gasteiger partial charge in [0.15, 0.2) is 0 Å². The molecule has 1 aliphatic rings. The third-order valence-electron chi connectivity index (χ3n) is 4.35. The Kier molecular flexibility index (Phi) is 3.67. The van der Waals surface area contributed by atoms with Gasteiger partial charge in [-0.3, -0.25) is 23.5 Å². The number of anilines is 1. The molecular weight excluding hydrogens is 326 g/mol. The molecule has 0 saturated carbocycles. The van der Waals surface area contributed by atoms with E-state index in [1.807, 2.05) is 0 Å². The van der Waals surface area contributed by atoms with Crippen LogP contribution in [0.15, 0.2) is 39.4 Å². The first-order valence-electron chi connectivity index (χ1n) is 7.40. The van der Waals surface area contributed by atoms with Crippen LogP contribution >= 0.6 is 0 Å². The van der Waals surface area contributed by atoms with E-state index in [0.29, 0.717) is 0 Å². The molecule has 3 N–H and O–H groups in total. The zero-order valence-electron chi connectivity index (χ0n) is 13.6. The van der Waals surface area contributed by atoms with Gasteiger partial charge in [0.25, 0.3) is 5.56 Å². The number of nitrogen functional groups attached to an aromatic ring is 1. The third-order valence-corrected chi connectivity index (χ3v) is 4.35. The van der Waals surface area contributed by atoms with Crippen LogP contribution in [0, 0.1) is 0 Å². The first-order valence-corrected chi connectivity index (χ1v) is 7.40. The van der Waals surface area contributed by atoms with Crippen molar-refractivity contribution in [2.45, 2.75) is 6.42 Å². The number of fused-ring (bicyclic) bond motifs is 1. The van der Waals surface area contributed by atoms with Crippen LogP contribution in [0.5, 0.6) is 0 Å². The lowest BCUT2D eigenvalue weighted by atomic mass is 9.86. The molecule has 1 aliphatic carbocycles. The van der Waals surface area contributed by atoms with Crippen LogP contribution in [0.1, 0.15) is 21.5 Å². The van der Waals surface area contributed by atoms with Gasteiger partial charge in [-0.25, -0.2) is 4.79 Å². The zero-order valence-corrected chi connectivity index (χ0v) is 13.6. The van der Waals surface area contributed by atoms with E-state index in [2.05, 4.69) is 0 Å². The maximum Gasteiger partial charge on any atom is 0.332 e. The summed E-state index contributed by atoms with van der Waals surface area (Å²) in [6.07, 6.45) is -0.350. The lowest BCUT2D eigenvalue weighted by Gasteiger charge is -2.18. The highest BCUT2D eigenvalue weighted by Gasteiger charge is 2.33. The zero-order chi connectivity index (χ0) is 18.5. The molecule has 0 amide bonds. The summed E-state index contributed by atoms with van der Waals surface area (Å²) < 4.78 is 1.92. The summed E-state index contributed by atoms with van der Waals surface area (Å²) in [5.74, 6) is -2.14. The number of carbonyl (C=O) groups excluding carboxylic acids is 2. The molecule has 0 atom stereocenters. The van der Waals surface area contributed by atoms with Crippen molar-refractivity contribution in [3.8, 4) is 0 Å². The van der Waals surface area contributed by atoms with E-state index < -0.39 is 22.8 Å². The molecule has 0 unspecified atom stereocenters. The third kappa shape index (κ3) is 2.30. The van der Waals surface area contributed by atoms with E-state index in [9.17, 15) is 24.3 Å². The Morgan fingerprint density at radius 1 is 0.960 bits per heavy atom. The maximum atomic E-state index is 12.4. The van der Waals surface area contributed by atoms with Gasteiger partial charge in [0.05, 0.1) is 11.1 Å². The summed E-state index contributed by atoms with van der Waals surface area (Å²) in [5, 5.41) is 10.4. The van der Waals surface area contributed by atoms with Crippen LogP contribution in [0.3, 0.4) is 0 Å². The number of aliphatic hydroxyl groups excluding tert-OH is 1. The largest absolute Gasteiger partial charge is 0.507 e. The molecule has 0 radical (unpaired) electrons. The summed E-state index contributed by atoms with van der Waals surface area (Å²) >= 11 is 0. The smallest absolute Gasteiger partial charge is 0.332 e. The number of benzene rings is 1. The molecule has 8 heteroatoms. The molecule has 0 fully saturated rings. The standard InChI is InChI=1S/C17H15N3O5/c1-19-15(18)11(16(24)20(2)17(19)25)7-10-12(21)8-5-3-4-6-9(8)13(22)14(10)23/h3-6,21H,7,18H2,1-2H3. The Bertz CT molecular complexity index is 1090. The molecule has 0 saturated heterocycles. The minimum absolute atomic E-state index is 0.0355. The summed E-state index contributed by atoms with van der Waals surface area (Å²) in [6.45, 7) is 0. The number of ketones is 2. The van der Waals surface area contributed by atoms with E-state index >= 15 is 0 Å². The second-order valence-corrected chi connectivity index (χ2v) is 5.78. The van der Waals surface area contributed by atoms with Crippen molar-refractivity contribution in [3.63, 3.8) is 0 Å². The monoisotopic (exact) mass is 341 g/mol. The summed E-state index contributed by atoms with van der Waals surface area (Å²) in [5.41, 5.74) is 4.63. The maximum absolute atomic E-state index is 12.4. The van der Waals surface area contributed by atoms with E-state index in [1.165, 1.54) is 26.2 Å². The Labute approximate surface area is 141 Å². The second-order valence-electron chi connectivity index (χ2n) is 5.78. The number of allylic oxidation sites excluding steroid dienone is 1. The van der Waals surface area contributed by atoms with Crippen molar-refractivity contribution < 1.29 is 14.7 Å². The summed E-state index contributed by atoms with van der Waals surface area (Å²) in [6, 6.07) is 6.16. The Morgan fingerprint density at radius 3 is 2.20 bits per heavy atom. The predicted molar refractivity (Wildman–Crippen MR) is 90.4 cm³/mol. The highest BCUT2D eigenvalue weighted by atomic mass is 16.3. The van der Waals surface area contributed by atoms with Crippen molar-refractivity contribution in [3.05, 3.63) is 67.4 Å². The van der Waals surface area contributed by atoms with Crippen LogP contribution in [0.4, 0.5) is 5.82 Å². The van der Waals surface area contributed by atoms with E-state index in [1.54, 1.807) is 12.1 Å². The lowest BCUT2D eigenvalue weighted by Crippen LogP contribution is -2.41. The van der Waals surface area contributed by atoms with Gasteiger partial charge in [0, 0.05) is 31.6 Å². The molecule has 0 aliphatic heterocycles. The topological polar surface area (TPSA) is 124 Å². The first-order chi connectivity index (χ1) is 11.8. The number of carbonyl (C=O) groups is 2. The van der Waals surface area contributed by atoms with Gasteiger partial charge in [-0.1, -0.05) is 24.3 Å². The van der Waals surface area contributed by atoms with Crippen LogP contribution in [-0.4, -0.2) is 25.8 Å². The number of Topliss-reactive ketones (excluding diaryl/α,β-unsaturated/α-hetero) is 2. The van der Waals surface area contributed by atoms with Crippen molar-refractivity contribution in [2.24, 2.45) is 14.1 Å². The molecule has 25 heavy (non-hydrogen) atoms. The van der Waals surface area contributed by atoms with Crippen molar-refractivity contribution in [1.29, 1.82) is 0 Å². The van der Waals surface area contributed by atoms with E-state index in [4.69, 9.17) is 5.73 Å². The summed E-state index contributed by atoms with van der Waals surface area (Å²) in [7, 11) is 2.67. The fourth-order valence-corrected chi connectivity index (χ4v) is 2.85. The minimum Gasteiger partial charge on any atom is -0.507 e. The van der Waals surface area contributed by atoms with Gasteiger partial charge in [0.2, 0.25) is 11.6 Å². The fraction of sp³-hybridized carbons (Fsp3) is 0.176. The minimum atomic E-state index is -0.897. The lowest BCUT2D eigenvalue weighted by molar-refractivity contribution is -0.112. The molecule has 1 heterocycles. The molecular formula is C17H15N3O5. The predicted octanol–water partition coefficient (Wildman–Crippen LogP) is -0.0566. The van der Waals surface area contributed by atoms with Gasteiger partial charge in [0.1, 0.15) is 11.6 Å². The Morgan fingerprint density at radius 2 is 1.56 bits per heavy atom. The van der Waals surface area contributed by atoms with Crippen LogP contribution in [0.25, 0.3) is 5.76 Å². The quantitative estimate of drug-likeness (QED) is 0.738. The van der Waals surface area contributed by atoms with Crippen LogP contribution in [0.2, 0.25) is 0 Å². The average molecular weight is 341 g/mol. The Hall–Kier alpha value is -3.42. The summed E-state index contributed by atoms with van der Waals surface area (Å²) in [4.78, 5) is 48.8. The number of hydrogen-bond acceptors (Lipinski definition) is 6. The number of aliphatic hydroxyl groups is 1. The van der Waals surface area contributed by atoms with Gasteiger partial charge < -0.3 is 10.8 Å². The molecule has 1 aromatic carbocycles. The van der Waals surface area contributed by atoms with Gasteiger partial charge >= 0.3 is 5.69 Å². The van der Waals surface area contributed by atoms with Gasteiger partial charge in [-0.2, -0.15) is 0 Å². The SMILES string of the molecule is Cn1c(N)c(CC2=C(O)c3ccccc3C(=O)C2=O)c(=O)n(C)c1=O. The molecule has 1 aromatic heterocycles. The molecule has 0 bridgehead atoms. The Balaban J connectivity index is 2.23. The molecule has 3 rings (SSSR count). The van der Waals surface area contributed by atoms with E-state index in [0.717, 1.165) is 9.13 Å². The highest BCUT2D eigenvalue weighted by Crippen LogP contribution is 2.29. The molecule has 128 valence electrons. The van der Waals surface area contributed by atoms with Gasteiger partial charge in [-0.05, 0) is 0 Å². The molecule has 2 aromatic rings. The number of rotatable bonds is 2. The number of aromatic nitrogens is 2. The number of nitrogens with zero attached hydrogens (tertiary/aromatic N) is 2. The normalized spacial score (nSPS) is 14.0. The molecule has 0 spiro atoms.